The fourth-order valence-corrected chi connectivity index (χ4v) is 3.91. The standard InChI is InChI=1S/C18H17NO2/c1-2-4-14-10-19-6-5-13-8-17-18(21-11-20-17)9-15(13)16(19)7-12(14)3-1/h1-4,7,9-10,13,16H,5-6,8,11H2. The van der Waals surface area contributed by atoms with Gasteiger partial charge in [0.2, 0.25) is 6.79 Å². The molecule has 2 atom stereocenters. The van der Waals surface area contributed by atoms with E-state index in [1.807, 2.05) is 0 Å². The zero-order valence-corrected chi connectivity index (χ0v) is 11.8. The summed E-state index contributed by atoms with van der Waals surface area (Å²) >= 11 is 0. The van der Waals surface area contributed by atoms with Gasteiger partial charge in [0.1, 0.15) is 5.76 Å². The van der Waals surface area contributed by atoms with Crippen molar-refractivity contribution in [3.63, 3.8) is 0 Å². The molecule has 3 nitrogen and oxygen atoms in total. The smallest absolute Gasteiger partial charge is 0.230 e. The lowest BCUT2D eigenvalue weighted by Gasteiger charge is -2.42. The minimum atomic E-state index is 0.372. The third kappa shape index (κ3) is 1.67. The van der Waals surface area contributed by atoms with Gasteiger partial charge in [-0.25, -0.2) is 0 Å². The van der Waals surface area contributed by atoms with Crippen molar-refractivity contribution in [1.82, 2.24) is 4.90 Å². The molecule has 4 aliphatic rings. The summed E-state index contributed by atoms with van der Waals surface area (Å²) in [5, 5.41) is 2.66. The molecule has 1 fully saturated rings. The Hall–Kier alpha value is -2.16. The van der Waals surface area contributed by atoms with Crippen molar-refractivity contribution in [1.29, 1.82) is 0 Å². The predicted octanol–water partition coefficient (Wildman–Crippen LogP) is 1.46. The lowest BCUT2D eigenvalue weighted by molar-refractivity contribution is 0.0714. The average molecular weight is 279 g/mol. The summed E-state index contributed by atoms with van der Waals surface area (Å²) in [6, 6.07) is 8.99. The summed E-state index contributed by atoms with van der Waals surface area (Å²) in [6.45, 7) is 1.50. The van der Waals surface area contributed by atoms with Crippen LogP contribution in [0.5, 0.6) is 0 Å². The molecule has 0 N–H and O–H groups in total. The number of nitrogens with zero attached hydrogens (tertiary/aromatic N) is 1. The van der Waals surface area contributed by atoms with Crippen LogP contribution in [-0.4, -0.2) is 24.3 Å². The van der Waals surface area contributed by atoms with Gasteiger partial charge >= 0.3 is 0 Å². The van der Waals surface area contributed by atoms with Crippen LogP contribution in [0.3, 0.4) is 0 Å². The van der Waals surface area contributed by atoms with Gasteiger partial charge in [0.05, 0.1) is 6.04 Å². The quantitative estimate of drug-likeness (QED) is 0.717. The van der Waals surface area contributed by atoms with Gasteiger partial charge in [-0.05, 0) is 34.4 Å². The Balaban J connectivity index is 1.64. The van der Waals surface area contributed by atoms with Crippen LogP contribution in [0.4, 0.5) is 0 Å². The van der Waals surface area contributed by atoms with Gasteiger partial charge in [0.25, 0.3) is 0 Å². The normalized spacial score (nSPS) is 28.8. The molecular formula is C18H17NO2. The fourth-order valence-electron chi connectivity index (χ4n) is 3.91. The molecule has 0 amide bonds. The predicted molar refractivity (Wildman–Crippen MR) is 80.0 cm³/mol. The van der Waals surface area contributed by atoms with Crippen molar-refractivity contribution < 1.29 is 9.47 Å². The maximum atomic E-state index is 5.59. The zero-order chi connectivity index (χ0) is 13.8. The minimum absolute atomic E-state index is 0.372. The molecule has 2 unspecified atom stereocenters. The van der Waals surface area contributed by atoms with E-state index in [9.17, 15) is 0 Å². The van der Waals surface area contributed by atoms with E-state index in [1.54, 1.807) is 0 Å². The van der Waals surface area contributed by atoms with Crippen LogP contribution in [0.2, 0.25) is 0 Å². The number of fused-ring (bicyclic) bond motifs is 4. The molecule has 106 valence electrons. The highest BCUT2D eigenvalue weighted by Crippen LogP contribution is 2.41. The lowest BCUT2D eigenvalue weighted by atomic mass is 9.78. The largest absolute Gasteiger partial charge is 0.458 e. The first-order valence-corrected chi connectivity index (χ1v) is 7.63. The number of ether oxygens (including phenoxy) is 2. The molecule has 21 heavy (non-hydrogen) atoms. The van der Waals surface area contributed by atoms with Crippen LogP contribution < -0.4 is 10.4 Å². The molecular weight excluding hydrogens is 262 g/mol. The van der Waals surface area contributed by atoms with Crippen molar-refractivity contribution in [2.24, 2.45) is 5.92 Å². The van der Waals surface area contributed by atoms with E-state index in [-0.39, 0.29) is 0 Å². The van der Waals surface area contributed by atoms with Gasteiger partial charge in [-0.15, -0.1) is 0 Å². The van der Waals surface area contributed by atoms with Crippen molar-refractivity contribution >= 4 is 12.3 Å². The monoisotopic (exact) mass is 279 g/mol. The number of benzene rings is 1. The zero-order valence-electron chi connectivity index (χ0n) is 11.8. The summed E-state index contributed by atoms with van der Waals surface area (Å²) < 4.78 is 11.2. The Morgan fingerprint density at radius 3 is 2.95 bits per heavy atom. The first kappa shape index (κ1) is 11.5. The van der Waals surface area contributed by atoms with Crippen LogP contribution in [0, 0.1) is 5.92 Å². The van der Waals surface area contributed by atoms with Gasteiger partial charge < -0.3 is 14.4 Å². The molecule has 1 aliphatic carbocycles. The van der Waals surface area contributed by atoms with Crippen LogP contribution in [-0.2, 0) is 9.47 Å². The van der Waals surface area contributed by atoms with Crippen molar-refractivity contribution in [2.45, 2.75) is 18.9 Å². The van der Waals surface area contributed by atoms with E-state index < -0.39 is 0 Å². The first-order valence-electron chi connectivity index (χ1n) is 7.63. The highest BCUT2D eigenvalue weighted by Gasteiger charge is 2.37. The van der Waals surface area contributed by atoms with Crippen LogP contribution in [0.25, 0.3) is 12.3 Å². The van der Waals surface area contributed by atoms with Crippen molar-refractivity contribution in [3.05, 3.63) is 57.9 Å². The van der Waals surface area contributed by atoms with E-state index in [0.717, 1.165) is 24.5 Å². The van der Waals surface area contributed by atoms with E-state index in [2.05, 4.69) is 47.5 Å². The first-order chi connectivity index (χ1) is 10.4. The molecule has 1 aromatic carbocycles. The Morgan fingerprint density at radius 2 is 2.00 bits per heavy atom. The molecule has 1 aromatic rings. The van der Waals surface area contributed by atoms with Gasteiger partial charge in [-0.3, -0.25) is 0 Å². The SMILES string of the molecule is C1=C2C(CCN3C=c4ccccc4=CC23)CC2=C1OCO2. The van der Waals surface area contributed by atoms with E-state index in [1.165, 1.54) is 22.4 Å². The van der Waals surface area contributed by atoms with Gasteiger partial charge in [-0.2, -0.15) is 0 Å². The Kier molecular flexibility index (Phi) is 2.28. The number of hydrogen-bond acceptors (Lipinski definition) is 3. The Labute approximate surface area is 123 Å². The third-order valence-electron chi connectivity index (χ3n) is 5.00. The molecule has 0 spiro atoms. The maximum absolute atomic E-state index is 5.59. The van der Waals surface area contributed by atoms with Crippen LogP contribution >= 0.6 is 0 Å². The second kappa shape index (κ2) is 4.17. The number of hydrogen-bond donors (Lipinski definition) is 0. The van der Waals surface area contributed by atoms with E-state index in [4.69, 9.17) is 9.47 Å². The minimum Gasteiger partial charge on any atom is -0.458 e. The Morgan fingerprint density at radius 1 is 1.10 bits per heavy atom. The van der Waals surface area contributed by atoms with Gasteiger partial charge in [-0.1, -0.05) is 30.3 Å². The van der Waals surface area contributed by atoms with Crippen LogP contribution in [0.1, 0.15) is 12.8 Å². The highest BCUT2D eigenvalue weighted by molar-refractivity contribution is 5.52. The molecule has 3 heteroatoms. The number of piperidine rings is 1. The average Bonchev–Trinajstić information content (AvgIpc) is 2.98. The highest BCUT2D eigenvalue weighted by atomic mass is 16.7. The summed E-state index contributed by atoms with van der Waals surface area (Å²) in [4.78, 5) is 2.46. The molecule has 5 rings (SSSR count). The topological polar surface area (TPSA) is 21.7 Å². The summed E-state index contributed by atoms with van der Waals surface area (Å²) in [5.41, 5.74) is 1.48. The molecule has 3 aliphatic heterocycles. The molecule has 1 saturated heterocycles. The second-order valence-electron chi connectivity index (χ2n) is 6.14. The van der Waals surface area contributed by atoms with Gasteiger partial charge in [0, 0.05) is 19.2 Å². The molecule has 0 saturated carbocycles. The summed E-state index contributed by atoms with van der Waals surface area (Å²) in [5.74, 6) is 2.61. The molecule has 0 aromatic heterocycles. The third-order valence-corrected chi connectivity index (χ3v) is 5.00. The molecule has 3 heterocycles. The van der Waals surface area contributed by atoms with Gasteiger partial charge in [0.15, 0.2) is 5.76 Å². The van der Waals surface area contributed by atoms with E-state index >= 15 is 0 Å². The Bertz CT molecular complexity index is 790. The van der Waals surface area contributed by atoms with Crippen molar-refractivity contribution in [2.75, 3.05) is 13.3 Å². The fraction of sp³-hybridized carbons (Fsp3) is 0.333. The number of rotatable bonds is 0. The summed E-state index contributed by atoms with van der Waals surface area (Å²) in [7, 11) is 0. The molecule has 0 bridgehead atoms. The van der Waals surface area contributed by atoms with E-state index in [0.29, 0.717) is 18.8 Å². The lowest BCUT2D eigenvalue weighted by Crippen LogP contribution is -2.47. The number of allylic oxidation sites excluding steroid dienone is 2. The maximum Gasteiger partial charge on any atom is 0.230 e. The molecule has 0 radical (unpaired) electrons. The second-order valence-corrected chi connectivity index (χ2v) is 6.14. The van der Waals surface area contributed by atoms with Crippen molar-refractivity contribution in [3.8, 4) is 0 Å². The van der Waals surface area contributed by atoms with Crippen LogP contribution in [0.15, 0.2) is 47.4 Å². The summed E-state index contributed by atoms with van der Waals surface area (Å²) in [6.07, 6.45) is 9.13.